The van der Waals surface area contributed by atoms with Crippen molar-refractivity contribution in [1.82, 2.24) is 0 Å². The number of rotatable bonds is 0. The minimum atomic E-state index is 0. The van der Waals surface area contributed by atoms with E-state index in [0.29, 0.717) is 0 Å². The van der Waals surface area contributed by atoms with Crippen LogP contribution in [0, 0.1) is 13.8 Å². The third-order valence-electron chi connectivity index (χ3n) is 1.07. The molecule has 1 heteroatoms. The summed E-state index contributed by atoms with van der Waals surface area (Å²) < 4.78 is 0. The van der Waals surface area contributed by atoms with E-state index >= 15 is 0 Å². The summed E-state index contributed by atoms with van der Waals surface area (Å²) in [5, 5.41) is 0. The summed E-state index contributed by atoms with van der Waals surface area (Å²) in [5.41, 5.74) is 0. The van der Waals surface area contributed by atoms with Crippen molar-refractivity contribution < 1.29 is 0 Å². The summed E-state index contributed by atoms with van der Waals surface area (Å²) in [6, 6.07) is 0. The van der Waals surface area contributed by atoms with E-state index in [9.17, 15) is 0 Å². The molecule has 0 nitrogen and oxygen atoms in total. The van der Waals surface area contributed by atoms with Crippen molar-refractivity contribution in [2.24, 2.45) is 0 Å². The molecule has 1 aliphatic carbocycles. The summed E-state index contributed by atoms with van der Waals surface area (Å²) in [4.78, 5) is 0. The van der Waals surface area contributed by atoms with Gasteiger partial charge in [0.25, 0.3) is 0 Å². The van der Waals surface area contributed by atoms with E-state index in [0.717, 1.165) is 0 Å². The molecular formula is C6H12Mg. The van der Waals surface area contributed by atoms with Gasteiger partial charge in [-0.05, 0) is 0 Å². The van der Waals surface area contributed by atoms with Crippen LogP contribution in [0.3, 0.4) is 0 Å². The van der Waals surface area contributed by atoms with Crippen molar-refractivity contribution in [3.8, 4) is 0 Å². The predicted octanol–water partition coefficient (Wildman–Crippen LogP) is 1.83. The Morgan fingerprint density at radius 1 is 1.00 bits per heavy atom. The van der Waals surface area contributed by atoms with Gasteiger partial charge in [-0.2, -0.15) is 12.8 Å². The minimum absolute atomic E-state index is 0. The zero-order valence-electron chi connectivity index (χ0n) is 5.11. The maximum atomic E-state index is 2.36. The fraction of sp³-hybridized carbons (Fsp3) is 0.667. The van der Waals surface area contributed by atoms with Crippen LogP contribution in [-0.4, -0.2) is 23.1 Å². The largest absolute Gasteiger partial charge is 2.00 e. The molecule has 0 aliphatic heterocycles. The van der Waals surface area contributed by atoms with Gasteiger partial charge in [0.15, 0.2) is 0 Å². The summed E-state index contributed by atoms with van der Waals surface area (Å²) in [6.45, 7) is 0. The Hall–Kier alpha value is 0.766. The third-order valence-corrected chi connectivity index (χ3v) is 1.07. The van der Waals surface area contributed by atoms with Crippen molar-refractivity contribution in [3.63, 3.8) is 0 Å². The Labute approximate surface area is 62.8 Å². The van der Waals surface area contributed by atoms with Crippen molar-refractivity contribution in [2.45, 2.75) is 25.7 Å². The first-order valence-corrected chi connectivity index (χ1v) is 2.32. The SMILES string of the molecule is [CH-]1CCCC1.[CH3-].[Mg+2]. The van der Waals surface area contributed by atoms with Crippen LogP contribution >= 0.6 is 0 Å². The first-order valence-electron chi connectivity index (χ1n) is 2.32. The molecular weight excluding hydrogens is 96.4 g/mol. The summed E-state index contributed by atoms with van der Waals surface area (Å²) in [7, 11) is 0. The van der Waals surface area contributed by atoms with Gasteiger partial charge in [0.2, 0.25) is 0 Å². The van der Waals surface area contributed by atoms with Gasteiger partial charge in [-0.25, -0.2) is 0 Å². The molecule has 0 aromatic carbocycles. The van der Waals surface area contributed by atoms with E-state index in [-0.39, 0.29) is 30.5 Å². The average Bonchev–Trinajstić information content (AvgIpc) is 1.76. The quantitative estimate of drug-likeness (QED) is 0.328. The maximum Gasteiger partial charge on any atom is 2.00 e. The Balaban J connectivity index is 0. The van der Waals surface area contributed by atoms with Gasteiger partial charge in [0.05, 0.1) is 0 Å². The van der Waals surface area contributed by atoms with E-state index < -0.39 is 0 Å². The Kier molecular flexibility index (Phi) is 10.3. The van der Waals surface area contributed by atoms with Gasteiger partial charge in [-0.1, -0.05) is 12.8 Å². The van der Waals surface area contributed by atoms with Crippen LogP contribution < -0.4 is 0 Å². The molecule has 1 fully saturated rings. The second kappa shape index (κ2) is 6.77. The van der Waals surface area contributed by atoms with E-state index in [2.05, 4.69) is 6.42 Å². The summed E-state index contributed by atoms with van der Waals surface area (Å²) >= 11 is 0. The van der Waals surface area contributed by atoms with Gasteiger partial charge >= 0.3 is 23.1 Å². The summed E-state index contributed by atoms with van der Waals surface area (Å²) in [5.74, 6) is 0. The van der Waals surface area contributed by atoms with E-state index in [4.69, 9.17) is 0 Å². The van der Waals surface area contributed by atoms with Crippen LogP contribution in [0.25, 0.3) is 0 Å². The van der Waals surface area contributed by atoms with Crippen LogP contribution in [0.1, 0.15) is 25.7 Å². The van der Waals surface area contributed by atoms with E-state index in [1.165, 1.54) is 25.7 Å². The van der Waals surface area contributed by atoms with Crippen LogP contribution in [-0.2, 0) is 0 Å². The molecule has 7 heavy (non-hydrogen) atoms. The summed E-state index contributed by atoms with van der Waals surface area (Å²) in [6.07, 6.45) is 8.00. The Morgan fingerprint density at radius 3 is 1.57 bits per heavy atom. The Morgan fingerprint density at radius 2 is 1.43 bits per heavy atom. The zero-order chi connectivity index (χ0) is 3.54. The molecule has 0 aromatic heterocycles. The van der Waals surface area contributed by atoms with Gasteiger partial charge in [0.1, 0.15) is 0 Å². The van der Waals surface area contributed by atoms with Gasteiger partial charge in [-0.3, -0.25) is 0 Å². The number of hydrogen-bond acceptors (Lipinski definition) is 0. The third kappa shape index (κ3) is 4.62. The molecule has 0 bridgehead atoms. The molecule has 0 unspecified atom stereocenters. The molecule has 1 aliphatic rings. The molecule has 1 saturated carbocycles. The molecule has 38 valence electrons. The fourth-order valence-corrected chi connectivity index (χ4v) is 0.722. The van der Waals surface area contributed by atoms with Crippen molar-refractivity contribution in [1.29, 1.82) is 0 Å². The normalized spacial score (nSPS) is 17.1. The van der Waals surface area contributed by atoms with Crippen LogP contribution in [0.2, 0.25) is 0 Å². The standard InChI is InChI=1S/C5H9.CH3.Mg/c1-2-4-5-3-1;;/h1H,2-5H2;1H3;/q2*-1;+2. The molecule has 0 spiro atoms. The molecule has 0 atom stereocenters. The van der Waals surface area contributed by atoms with Crippen LogP contribution in [0.5, 0.6) is 0 Å². The number of hydrogen-bond donors (Lipinski definition) is 0. The predicted molar refractivity (Wildman–Crippen MR) is 34.9 cm³/mol. The van der Waals surface area contributed by atoms with Crippen molar-refractivity contribution in [3.05, 3.63) is 13.8 Å². The van der Waals surface area contributed by atoms with E-state index in [1.54, 1.807) is 0 Å². The fourth-order valence-electron chi connectivity index (χ4n) is 0.722. The van der Waals surface area contributed by atoms with Gasteiger partial charge in [0, 0.05) is 0 Å². The average molecular weight is 108 g/mol. The maximum absolute atomic E-state index is 2.36. The molecule has 0 aromatic rings. The molecule has 0 saturated heterocycles. The van der Waals surface area contributed by atoms with Gasteiger partial charge in [-0.15, -0.1) is 0 Å². The molecule has 0 N–H and O–H groups in total. The smallest absolute Gasteiger partial charge is 0.358 e. The second-order valence-corrected chi connectivity index (χ2v) is 1.57. The van der Waals surface area contributed by atoms with Crippen molar-refractivity contribution in [2.75, 3.05) is 0 Å². The molecule has 0 amide bonds. The van der Waals surface area contributed by atoms with Gasteiger partial charge < -0.3 is 13.8 Å². The first kappa shape index (κ1) is 10.7. The van der Waals surface area contributed by atoms with Crippen LogP contribution in [0.4, 0.5) is 0 Å². The van der Waals surface area contributed by atoms with E-state index in [1.807, 2.05) is 0 Å². The topological polar surface area (TPSA) is 0 Å². The van der Waals surface area contributed by atoms with Crippen LogP contribution in [0.15, 0.2) is 0 Å². The molecule has 1 rings (SSSR count). The monoisotopic (exact) mass is 108 g/mol. The zero-order valence-corrected chi connectivity index (χ0v) is 6.53. The minimum Gasteiger partial charge on any atom is -0.358 e. The molecule has 0 heterocycles. The molecule has 0 radical (unpaired) electrons. The second-order valence-electron chi connectivity index (χ2n) is 1.57. The Bertz CT molecular complexity index is 15.8. The first-order chi connectivity index (χ1) is 2.50. The van der Waals surface area contributed by atoms with Crippen molar-refractivity contribution >= 4 is 23.1 Å².